The normalized spacial score (nSPS) is 19.1. The molecule has 1 unspecified atom stereocenters. The predicted octanol–water partition coefficient (Wildman–Crippen LogP) is 3.32. The van der Waals surface area contributed by atoms with Crippen molar-refractivity contribution in [1.29, 1.82) is 0 Å². The standard InChI is InChI=1S/C15H21FO2/c1-15(17,9-11-5-3-6-11)10-12-7-4-8-13(18-2)14(12)16/h4,7-8,11,17H,3,5-6,9-10H2,1-2H3. The summed E-state index contributed by atoms with van der Waals surface area (Å²) in [6.07, 6.45) is 4.73. The number of rotatable bonds is 5. The van der Waals surface area contributed by atoms with E-state index in [9.17, 15) is 9.50 Å². The second kappa shape index (κ2) is 5.27. The molecular formula is C15H21FO2. The Balaban J connectivity index is 2.07. The highest BCUT2D eigenvalue weighted by molar-refractivity contribution is 5.31. The lowest BCUT2D eigenvalue weighted by molar-refractivity contribution is 0.0196. The van der Waals surface area contributed by atoms with Crippen molar-refractivity contribution in [3.63, 3.8) is 0 Å². The molecule has 0 heterocycles. The summed E-state index contributed by atoms with van der Waals surface area (Å²) in [6.45, 7) is 1.80. The number of hydrogen-bond acceptors (Lipinski definition) is 2. The number of benzene rings is 1. The molecule has 1 aromatic rings. The molecule has 0 saturated heterocycles. The first-order valence-electron chi connectivity index (χ1n) is 6.55. The lowest BCUT2D eigenvalue weighted by atomic mass is 9.76. The van der Waals surface area contributed by atoms with E-state index in [2.05, 4.69) is 0 Å². The quantitative estimate of drug-likeness (QED) is 0.871. The molecule has 0 spiro atoms. The zero-order valence-electron chi connectivity index (χ0n) is 11.1. The summed E-state index contributed by atoms with van der Waals surface area (Å²) in [7, 11) is 1.45. The van der Waals surface area contributed by atoms with E-state index in [1.165, 1.54) is 26.4 Å². The Morgan fingerprint density at radius 2 is 2.17 bits per heavy atom. The molecule has 0 aliphatic heterocycles. The van der Waals surface area contributed by atoms with Gasteiger partial charge in [-0.1, -0.05) is 31.4 Å². The first kappa shape index (κ1) is 13.3. The van der Waals surface area contributed by atoms with Crippen molar-refractivity contribution in [2.24, 2.45) is 5.92 Å². The van der Waals surface area contributed by atoms with Crippen molar-refractivity contribution in [2.45, 2.75) is 44.6 Å². The molecule has 1 aromatic carbocycles. The molecule has 1 fully saturated rings. The third-order valence-corrected chi connectivity index (χ3v) is 3.79. The van der Waals surface area contributed by atoms with Crippen LogP contribution >= 0.6 is 0 Å². The fraction of sp³-hybridized carbons (Fsp3) is 0.600. The van der Waals surface area contributed by atoms with Gasteiger partial charge in [-0.3, -0.25) is 0 Å². The van der Waals surface area contributed by atoms with Crippen molar-refractivity contribution in [2.75, 3.05) is 7.11 Å². The minimum absolute atomic E-state index is 0.243. The van der Waals surface area contributed by atoms with E-state index in [0.717, 1.165) is 6.42 Å². The molecule has 18 heavy (non-hydrogen) atoms. The van der Waals surface area contributed by atoms with Crippen LogP contribution in [0.2, 0.25) is 0 Å². The molecule has 1 saturated carbocycles. The molecule has 2 nitrogen and oxygen atoms in total. The first-order valence-corrected chi connectivity index (χ1v) is 6.55. The largest absolute Gasteiger partial charge is 0.494 e. The van der Waals surface area contributed by atoms with Crippen molar-refractivity contribution >= 4 is 0 Å². The molecule has 1 aliphatic carbocycles. The topological polar surface area (TPSA) is 29.5 Å². The van der Waals surface area contributed by atoms with E-state index < -0.39 is 5.60 Å². The van der Waals surface area contributed by atoms with Gasteiger partial charge in [-0.05, 0) is 30.9 Å². The zero-order valence-corrected chi connectivity index (χ0v) is 11.1. The van der Waals surface area contributed by atoms with E-state index >= 15 is 0 Å². The summed E-state index contributed by atoms with van der Waals surface area (Å²) in [6, 6.07) is 5.07. The highest BCUT2D eigenvalue weighted by Gasteiger charge is 2.30. The smallest absolute Gasteiger partial charge is 0.168 e. The summed E-state index contributed by atoms with van der Waals surface area (Å²) in [4.78, 5) is 0. The predicted molar refractivity (Wildman–Crippen MR) is 69.2 cm³/mol. The van der Waals surface area contributed by atoms with Crippen LogP contribution in [0, 0.1) is 11.7 Å². The average molecular weight is 252 g/mol. The maximum atomic E-state index is 14.0. The molecule has 1 aliphatic rings. The first-order chi connectivity index (χ1) is 8.52. The average Bonchev–Trinajstić information content (AvgIpc) is 2.27. The van der Waals surface area contributed by atoms with Crippen LogP contribution in [0.5, 0.6) is 5.75 Å². The number of hydrogen-bond donors (Lipinski definition) is 1. The Kier molecular flexibility index (Phi) is 3.91. The van der Waals surface area contributed by atoms with Crippen LogP contribution < -0.4 is 4.74 Å². The molecule has 0 radical (unpaired) electrons. The maximum absolute atomic E-state index is 14.0. The summed E-state index contributed by atoms with van der Waals surface area (Å²) < 4.78 is 19.0. The van der Waals surface area contributed by atoms with Crippen molar-refractivity contribution in [1.82, 2.24) is 0 Å². The molecule has 1 atom stereocenters. The SMILES string of the molecule is COc1cccc(CC(C)(O)CC2CCC2)c1F. The monoisotopic (exact) mass is 252 g/mol. The van der Waals surface area contributed by atoms with Crippen LogP contribution in [0.4, 0.5) is 4.39 Å². The molecule has 0 amide bonds. The van der Waals surface area contributed by atoms with E-state index in [1.54, 1.807) is 25.1 Å². The summed E-state index contributed by atoms with van der Waals surface area (Å²) >= 11 is 0. The van der Waals surface area contributed by atoms with Crippen molar-refractivity contribution in [3.8, 4) is 5.75 Å². The summed E-state index contributed by atoms with van der Waals surface area (Å²) in [5, 5.41) is 10.4. The van der Waals surface area contributed by atoms with Crippen LogP contribution in [0.1, 0.15) is 38.2 Å². The number of halogens is 1. The second-order valence-corrected chi connectivity index (χ2v) is 5.61. The second-order valence-electron chi connectivity index (χ2n) is 5.61. The fourth-order valence-electron chi connectivity index (χ4n) is 2.65. The number of ether oxygens (including phenoxy) is 1. The van der Waals surface area contributed by atoms with Crippen LogP contribution in [0.15, 0.2) is 18.2 Å². The maximum Gasteiger partial charge on any atom is 0.168 e. The van der Waals surface area contributed by atoms with Crippen LogP contribution in [-0.2, 0) is 6.42 Å². The Hall–Kier alpha value is -1.09. The van der Waals surface area contributed by atoms with Gasteiger partial charge in [-0.25, -0.2) is 4.39 Å². The van der Waals surface area contributed by atoms with Crippen LogP contribution in [-0.4, -0.2) is 17.8 Å². The number of methoxy groups -OCH3 is 1. The third kappa shape index (κ3) is 3.02. The number of aliphatic hydroxyl groups is 1. The van der Waals surface area contributed by atoms with Gasteiger partial charge in [-0.15, -0.1) is 0 Å². The molecule has 1 N–H and O–H groups in total. The highest BCUT2D eigenvalue weighted by atomic mass is 19.1. The van der Waals surface area contributed by atoms with E-state index in [4.69, 9.17) is 4.74 Å². The van der Waals surface area contributed by atoms with Crippen molar-refractivity contribution in [3.05, 3.63) is 29.6 Å². The Labute approximate surface area is 108 Å². The van der Waals surface area contributed by atoms with Gasteiger partial charge in [0.15, 0.2) is 11.6 Å². The Bertz CT molecular complexity index is 411. The van der Waals surface area contributed by atoms with Gasteiger partial charge >= 0.3 is 0 Å². The molecule has 0 bridgehead atoms. The lowest BCUT2D eigenvalue weighted by Crippen LogP contribution is -2.32. The van der Waals surface area contributed by atoms with Gasteiger partial charge in [0, 0.05) is 6.42 Å². The molecular weight excluding hydrogens is 231 g/mol. The van der Waals surface area contributed by atoms with Gasteiger partial charge in [0.1, 0.15) is 0 Å². The van der Waals surface area contributed by atoms with Crippen LogP contribution in [0.25, 0.3) is 0 Å². The third-order valence-electron chi connectivity index (χ3n) is 3.79. The van der Waals surface area contributed by atoms with Gasteiger partial charge in [0.25, 0.3) is 0 Å². The van der Waals surface area contributed by atoms with Crippen molar-refractivity contribution < 1.29 is 14.2 Å². The zero-order chi connectivity index (χ0) is 13.2. The molecule has 100 valence electrons. The highest BCUT2D eigenvalue weighted by Crippen LogP contribution is 2.35. The molecule has 3 heteroatoms. The van der Waals surface area contributed by atoms with Gasteiger partial charge < -0.3 is 9.84 Å². The molecule has 2 rings (SSSR count). The fourth-order valence-corrected chi connectivity index (χ4v) is 2.65. The Morgan fingerprint density at radius 3 is 2.72 bits per heavy atom. The van der Waals surface area contributed by atoms with E-state index in [0.29, 0.717) is 17.9 Å². The van der Waals surface area contributed by atoms with E-state index in [1.807, 2.05) is 0 Å². The summed E-state index contributed by atoms with van der Waals surface area (Å²) in [5.74, 6) is 0.495. The Morgan fingerprint density at radius 1 is 1.44 bits per heavy atom. The van der Waals surface area contributed by atoms with E-state index in [-0.39, 0.29) is 11.6 Å². The minimum Gasteiger partial charge on any atom is -0.494 e. The lowest BCUT2D eigenvalue weighted by Gasteiger charge is -2.33. The van der Waals surface area contributed by atoms with Crippen LogP contribution in [0.3, 0.4) is 0 Å². The summed E-state index contributed by atoms with van der Waals surface area (Å²) in [5.41, 5.74) is -0.308. The van der Waals surface area contributed by atoms with Gasteiger partial charge in [0.05, 0.1) is 12.7 Å². The molecule has 0 aromatic heterocycles. The van der Waals surface area contributed by atoms with Gasteiger partial charge in [0.2, 0.25) is 0 Å². The van der Waals surface area contributed by atoms with Gasteiger partial charge in [-0.2, -0.15) is 0 Å². The minimum atomic E-state index is -0.835.